The molecule has 3 aromatic rings. The van der Waals surface area contributed by atoms with Crippen LogP contribution in [0.4, 0.5) is 5.82 Å². The van der Waals surface area contributed by atoms with E-state index in [1.807, 2.05) is 41.3 Å². The van der Waals surface area contributed by atoms with E-state index in [9.17, 15) is 4.79 Å². The molecule has 2 aromatic heterocycles. The van der Waals surface area contributed by atoms with Crippen molar-refractivity contribution >= 4 is 11.7 Å². The number of piperidine rings is 1. The number of hydrogen-bond acceptors (Lipinski definition) is 6. The molecule has 1 aromatic carbocycles. The van der Waals surface area contributed by atoms with E-state index in [0.717, 1.165) is 24.3 Å². The monoisotopic (exact) mass is 349 g/mol. The minimum atomic E-state index is -0.0762. The van der Waals surface area contributed by atoms with Crippen LogP contribution in [0.25, 0.3) is 5.69 Å². The Morgan fingerprint density at radius 1 is 1.12 bits per heavy atom. The zero-order valence-corrected chi connectivity index (χ0v) is 14.2. The number of rotatable bonds is 4. The van der Waals surface area contributed by atoms with Crippen LogP contribution >= 0.6 is 0 Å². The van der Waals surface area contributed by atoms with Crippen LogP contribution in [0.3, 0.4) is 0 Å². The maximum absolute atomic E-state index is 12.7. The Morgan fingerprint density at radius 2 is 1.92 bits per heavy atom. The number of amides is 1. The van der Waals surface area contributed by atoms with Crippen molar-refractivity contribution in [3.8, 4) is 5.69 Å². The number of carbonyl (C=O) groups excluding carboxylic acids is 1. The van der Waals surface area contributed by atoms with Gasteiger partial charge in [-0.2, -0.15) is 9.90 Å². The van der Waals surface area contributed by atoms with E-state index in [1.54, 1.807) is 6.20 Å². The van der Waals surface area contributed by atoms with E-state index in [4.69, 9.17) is 0 Å². The van der Waals surface area contributed by atoms with Gasteiger partial charge in [0.25, 0.3) is 5.91 Å². The molecule has 0 bridgehead atoms. The second kappa shape index (κ2) is 7.30. The normalized spacial score (nSPS) is 15.0. The number of benzene rings is 1. The highest BCUT2D eigenvalue weighted by molar-refractivity contribution is 5.92. The fraction of sp³-hybridized carbons (Fsp3) is 0.278. The first-order chi connectivity index (χ1) is 12.8. The summed E-state index contributed by atoms with van der Waals surface area (Å²) in [4.78, 5) is 24.1. The minimum Gasteiger partial charge on any atom is -0.367 e. The largest absolute Gasteiger partial charge is 0.367 e. The number of hydrogen-bond donors (Lipinski definition) is 1. The highest BCUT2D eigenvalue weighted by Gasteiger charge is 2.25. The van der Waals surface area contributed by atoms with Crippen molar-refractivity contribution in [2.24, 2.45) is 0 Å². The number of likely N-dealkylation sites (tertiary alicyclic amines) is 1. The molecule has 8 nitrogen and oxygen atoms in total. The van der Waals surface area contributed by atoms with Gasteiger partial charge in [-0.3, -0.25) is 4.79 Å². The van der Waals surface area contributed by atoms with Crippen LogP contribution in [0.5, 0.6) is 0 Å². The Balaban J connectivity index is 1.36. The van der Waals surface area contributed by atoms with Gasteiger partial charge in [0.2, 0.25) is 0 Å². The summed E-state index contributed by atoms with van der Waals surface area (Å²) in [5, 5.41) is 11.9. The number of aromatic nitrogens is 5. The minimum absolute atomic E-state index is 0.0762. The maximum atomic E-state index is 12.7. The summed E-state index contributed by atoms with van der Waals surface area (Å²) in [6, 6.07) is 11.7. The molecule has 0 unspecified atom stereocenters. The van der Waals surface area contributed by atoms with Gasteiger partial charge in [0.1, 0.15) is 12.1 Å². The molecule has 0 aliphatic carbocycles. The van der Waals surface area contributed by atoms with Crippen molar-refractivity contribution in [3.63, 3.8) is 0 Å². The predicted octanol–water partition coefficient (Wildman–Crippen LogP) is 1.77. The molecule has 26 heavy (non-hydrogen) atoms. The molecule has 1 N–H and O–H groups in total. The van der Waals surface area contributed by atoms with Crippen LogP contribution in [0, 0.1) is 0 Å². The van der Waals surface area contributed by atoms with Gasteiger partial charge in [-0.25, -0.2) is 9.97 Å². The Kier molecular flexibility index (Phi) is 4.55. The van der Waals surface area contributed by atoms with Crippen LogP contribution in [0.1, 0.15) is 23.3 Å². The standard InChI is InChI=1S/C18H19N7O/c26-18(16-12-21-25(23-16)15-4-2-1-3-5-15)24-10-7-14(8-11-24)22-17-6-9-19-13-20-17/h1-6,9,12-14H,7-8,10-11H2,(H,19,20,22). The zero-order chi connectivity index (χ0) is 17.8. The van der Waals surface area contributed by atoms with E-state index in [2.05, 4.69) is 25.5 Å². The SMILES string of the molecule is O=C(c1cnn(-c2ccccc2)n1)N1CCC(Nc2ccncn2)CC1. The number of nitrogens with zero attached hydrogens (tertiary/aromatic N) is 6. The lowest BCUT2D eigenvalue weighted by Gasteiger charge is -2.32. The smallest absolute Gasteiger partial charge is 0.276 e. The predicted molar refractivity (Wildman–Crippen MR) is 95.9 cm³/mol. The van der Waals surface area contributed by atoms with Crippen molar-refractivity contribution in [1.82, 2.24) is 29.9 Å². The van der Waals surface area contributed by atoms with Crippen LogP contribution in [0.2, 0.25) is 0 Å². The molecular formula is C18H19N7O. The Morgan fingerprint density at radius 3 is 2.65 bits per heavy atom. The summed E-state index contributed by atoms with van der Waals surface area (Å²) >= 11 is 0. The summed E-state index contributed by atoms with van der Waals surface area (Å²) < 4.78 is 0. The Labute approximate surface area is 150 Å². The lowest BCUT2D eigenvalue weighted by Crippen LogP contribution is -2.42. The average Bonchev–Trinajstić information content (AvgIpc) is 3.20. The summed E-state index contributed by atoms with van der Waals surface area (Å²) in [7, 11) is 0. The fourth-order valence-electron chi connectivity index (χ4n) is 3.02. The van der Waals surface area contributed by atoms with Crippen molar-refractivity contribution in [2.45, 2.75) is 18.9 Å². The Bertz CT molecular complexity index is 858. The maximum Gasteiger partial charge on any atom is 0.276 e. The third kappa shape index (κ3) is 3.53. The molecule has 1 amide bonds. The lowest BCUT2D eigenvalue weighted by atomic mass is 10.0. The molecule has 0 radical (unpaired) electrons. The van der Waals surface area contributed by atoms with Gasteiger partial charge >= 0.3 is 0 Å². The summed E-state index contributed by atoms with van der Waals surface area (Å²) in [6.07, 6.45) is 6.49. The van der Waals surface area contributed by atoms with Crippen LogP contribution in [0.15, 0.2) is 55.1 Å². The van der Waals surface area contributed by atoms with Gasteiger partial charge in [0, 0.05) is 25.3 Å². The third-order valence-corrected chi connectivity index (χ3v) is 4.41. The molecule has 1 aliphatic heterocycles. The van der Waals surface area contributed by atoms with E-state index >= 15 is 0 Å². The molecule has 0 spiro atoms. The lowest BCUT2D eigenvalue weighted by molar-refractivity contribution is 0.0712. The first-order valence-corrected chi connectivity index (χ1v) is 8.59. The number of anilines is 1. The zero-order valence-electron chi connectivity index (χ0n) is 14.2. The number of carbonyl (C=O) groups is 1. The summed E-state index contributed by atoms with van der Waals surface area (Å²) in [6.45, 7) is 1.36. The molecule has 132 valence electrons. The van der Waals surface area contributed by atoms with Crippen molar-refractivity contribution in [2.75, 3.05) is 18.4 Å². The highest BCUT2D eigenvalue weighted by atomic mass is 16.2. The second-order valence-corrected chi connectivity index (χ2v) is 6.16. The van der Waals surface area contributed by atoms with Gasteiger partial charge in [0.05, 0.1) is 11.9 Å². The molecule has 3 heterocycles. The van der Waals surface area contributed by atoms with Gasteiger partial charge in [-0.1, -0.05) is 18.2 Å². The molecule has 1 fully saturated rings. The fourth-order valence-corrected chi connectivity index (χ4v) is 3.02. The van der Waals surface area contributed by atoms with Gasteiger partial charge in [-0.15, -0.1) is 5.10 Å². The molecule has 1 saturated heterocycles. The second-order valence-electron chi connectivity index (χ2n) is 6.16. The van der Waals surface area contributed by atoms with Gasteiger partial charge in [0.15, 0.2) is 5.69 Å². The van der Waals surface area contributed by atoms with E-state index in [0.29, 0.717) is 24.8 Å². The third-order valence-electron chi connectivity index (χ3n) is 4.41. The first kappa shape index (κ1) is 16.2. The molecular weight excluding hydrogens is 330 g/mol. The molecule has 8 heteroatoms. The highest BCUT2D eigenvalue weighted by Crippen LogP contribution is 2.16. The van der Waals surface area contributed by atoms with Gasteiger partial charge < -0.3 is 10.2 Å². The van der Waals surface area contributed by atoms with E-state index < -0.39 is 0 Å². The van der Waals surface area contributed by atoms with Crippen LogP contribution in [-0.4, -0.2) is 54.9 Å². The molecule has 1 aliphatic rings. The van der Waals surface area contributed by atoms with E-state index in [-0.39, 0.29) is 5.91 Å². The number of nitrogens with one attached hydrogen (secondary N) is 1. The van der Waals surface area contributed by atoms with Crippen molar-refractivity contribution in [1.29, 1.82) is 0 Å². The van der Waals surface area contributed by atoms with Crippen molar-refractivity contribution in [3.05, 3.63) is 60.8 Å². The molecule has 4 rings (SSSR count). The summed E-state index contributed by atoms with van der Waals surface area (Å²) in [5.41, 5.74) is 1.20. The summed E-state index contributed by atoms with van der Waals surface area (Å²) in [5.74, 6) is 0.739. The van der Waals surface area contributed by atoms with E-state index in [1.165, 1.54) is 17.3 Å². The van der Waals surface area contributed by atoms with Crippen LogP contribution < -0.4 is 5.32 Å². The van der Waals surface area contributed by atoms with Gasteiger partial charge in [-0.05, 0) is 31.0 Å². The molecule has 0 atom stereocenters. The van der Waals surface area contributed by atoms with Crippen LogP contribution in [-0.2, 0) is 0 Å². The average molecular weight is 349 g/mol. The quantitative estimate of drug-likeness (QED) is 0.772. The molecule has 0 saturated carbocycles. The Hall–Kier alpha value is -3.29. The topological polar surface area (TPSA) is 88.8 Å². The number of para-hydroxylation sites is 1. The first-order valence-electron chi connectivity index (χ1n) is 8.59. The van der Waals surface area contributed by atoms with Crippen molar-refractivity contribution < 1.29 is 4.79 Å².